The highest BCUT2D eigenvalue weighted by atomic mass is 35.5. The molecule has 3 heteroatoms. The molecule has 1 saturated carbocycles. The maximum Gasteiger partial charge on any atom is 0.0609 e. The first-order valence-corrected chi connectivity index (χ1v) is 8.47. The number of aliphatic hydroxyl groups is 1. The van der Waals surface area contributed by atoms with Crippen LogP contribution in [-0.4, -0.2) is 11.2 Å². The SMILES string of the molecule is CCCC1CCC(C(O)Cc2ccc(Cl)cc2Cl)CC1. The molecule has 1 aromatic carbocycles. The number of hydrogen-bond donors (Lipinski definition) is 1. The molecular weight excluding hydrogens is 291 g/mol. The molecule has 1 unspecified atom stereocenters. The van der Waals surface area contributed by atoms with Gasteiger partial charge in [-0.3, -0.25) is 0 Å². The van der Waals surface area contributed by atoms with Gasteiger partial charge in [0, 0.05) is 16.5 Å². The number of aliphatic hydroxyl groups excluding tert-OH is 1. The smallest absolute Gasteiger partial charge is 0.0609 e. The maximum atomic E-state index is 10.4. The van der Waals surface area contributed by atoms with Crippen molar-refractivity contribution in [1.82, 2.24) is 0 Å². The molecule has 0 radical (unpaired) electrons. The summed E-state index contributed by atoms with van der Waals surface area (Å²) < 4.78 is 0. The van der Waals surface area contributed by atoms with E-state index in [2.05, 4.69) is 6.92 Å². The number of rotatable bonds is 5. The summed E-state index contributed by atoms with van der Waals surface area (Å²) in [7, 11) is 0. The number of hydrogen-bond acceptors (Lipinski definition) is 1. The Kier molecular flexibility index (Phi) is 6.20. The third kappa shape index (κ3) is 4.38. The lowest BCUT2D eigenvalue weighted by molar-refractivity contribution is 0.0728. The highest BCUT2D eigenvalue weighted by Crippen LogP contribution is 2.34. The fourth-order valence-electron chi connectivity index (χ4n) is 3.35. The van der Waals surface area contributed by atoms with Crippen molar-refractivity contribution in [3.05, 3.63) is 33.8 Å². The summed E-state index contributed by atoms with van der Waals surface area (Å²) in [5.74, 6) is 1.30. The van der Waals surface area contributed by atoms with Gasteiger partial charge in [0.2, 0.25) is 0 Å². The van der Waals surface area contributed by atoms with Crippen LogP contribution < -0.4 is 0 Å². The predicted molar refractivity (Wildman–Crippen MR) is 86.5 cm³/mol. The van der Waals surface area contributed by atoms with Gasteiger partial charge in [0.25, 0.3) is 0 Å². The summed E-state index contributed by atoms with van der Waals surface area (Å²) in [4.78, 5) is 0. The Balaban J connectivity index is 1.87. The van der Waals surface area contributed by atoms with Gasteiger partial charge < -0.3 is 5.11 Å². The van der Waals surface area contributed by atoms with E-state index < -0.39 is 0 Å². The van der Waals surface area contributed by atoms with Crippen molar-refractivity contribution in [1.29, 1.82) is 0 Å². The molecule has 112 valence electrons. The molecule has 1 aromatic rings. The van der Waals surface area contributed by atoms with Crippen molar-refractivity contribution in [3.8, 4) is 0 Å². The topological polar surface area (TPSA) is 20.2 Å². The molecule has 2 rings (SSSR count). The third-order valence-electron chi connectivity index (χ3n) is 4.58. The molecule has 20 heavy (non-hydrogen) atoms. The van der Waals surface area contributed by atoms with Gasteiger partial charge in [0.1, 0.15) is 0 Å². The Bertz CT molecular complexity index is 425. The molecule has 0 aromatic heterocycles. The molecule has 0 bridgehead atoms. The van der Waals surface area contributed by atoms with Crippen LogP contribution in [0.3, 0.4) is 0 Å². The molecule has 0 aliphatic heterocycles. The highest BCUT2D eigenvalue weighted by molar-refractivity contribution is 6.35. The van der Waals surface area contributed by atoms with Gasteiger partial charge in [-0.25, -0.2) is 0 Å². The van der Waals surface area contributed by atoms with E-state index in [0.29, 0.717) is 22.4 Å². The largest absolute Gasteiger partial charge is 0.392 e. The Labute approximate surface area is 132 Å². The van der Waals surface area contributed by atoms with Crippen LogP contribution in [0.5, 0.6) is 0 Å². The minimum atomic E-state index is -0.281. The van der Waals surface area contributed by atoms with E-state index in [0.717, 1.165) is 24.3 Å². The van der Waals surface area contributed by atoms with Gasteiger partial charge in [-0.05, 0) is 42.4 Å². The number of halogens is 2. The van der Waals surface area contributed by atoms with Crippen LogP contribution in [0.4, 0.5) is 0 Å². The van der Waals surface area contributed by atoms with Crippen LogP contribution in [-0.2, 0) is 6.42 Å². The van der Waals surface area contributed by atoms with Crippen molar-refractivity contribution in [2.75, 3.05) is 0 Å². The van der Waals surface area contributed by atoms with Crippen molar-refractivity contribution >= 4 is 23.2 Å². The summed E-state index contributed by atoms with van der Waals surface area (Å²) in [6, 6.07) is 5.52. The summed E-state index contributed by atoms with van der Waals surface area (Å²) in [6.07, 6.45) is 7.81. The average Bonchev–Trinajstić information content (AvgIpc) is 2.43. The van der Waals surface area contributed by atoms with Crippen molar-refractivity contribution in [2.45, 2.75) is 58.0 Å². The highest BCUT2D eigenvalue weighted by Gasteiger charge is 2.26. The third-order valence-corrected chi connectivity index (χ3v) is 5.16. The lowest BCUT2D eigenvalue weighted by atomic mass is 9.77. The van der Waals surface area contributed by atoms with E-state index in [1.165, 1.54) is 25.7 Å². The predicted octanol–water partition coefficient (Wildman–Crippen LogP) is 5.50. The zero-order chi connectivity index (χ0) is 14.5. The molecule has 0 spiro atoms. The van der Waals surface area contributed by atoms with E-state index in [1.807, 2.05) is 12.1 Å². The first-order valence-electron chi connectivity index (χ1n) is 7.72. The van der Waals surface area contributed by atoms with Gasteiger partial charge in [0.15, 0.2) is 0 Å². The molecule has 0 saturated heterocycles. The van der Waals surface area contributed by atoms with Crippen molar-refractivity contribution in [3.63, 3.8) is 0 Å². The normalized spacial score (nSPS) is 24.6. The molecule has 0 heterocycles. The lowest BCUT2D eigenvalue weighted by Crippen LogP contribution is -2.27. The molecular formula is C17H24Cl2O. The Morgan fingerprint density at radius 1 is 1.20 bits per heavy atom. The minimum Gasteiger partial charge on any atom is -0.392 e. The maximum absolute atomic E-state index is 10.4. The molecule has 1 atom stereocenters. The summed E-state index contributed by atoms with van der Waals surface area (Å²) in [6.45, 7) is 2.25. The Morgan fingerprint density at radius 2 is 1.90 bits per heavy atom. The monoisotopic (exact) mass is 314 g/mol. The summed E-state index contributed by atoms with van der Waals surface area (Å²) in [5, 5.41) is 11.8. The standard InChI is InChI=1S/C17H24Cl2O/c1-2-3-12-4-6-13(7-5-12)17(20)10-14-8-9-15(18)11-16(14)19/h8-9,11-13,17,20H,2-7,10H2,1H3. The molecule has 1 aliphatic carbocycles. The van der Waals surface area contributed by atoms with E-state index in [-0.39, 0.29) is 6.10 Å². The summed E-state index contributed by atoms with van der Waals surface area (Å²) in [5.41, 5.74) is 0.999. The average molecular weight is 315 g/mol. The molecule has 1 nitrogen and oxygen atoms in total. The van der Waals surface area contributed by atoms with Crippen LogP contribution in [0.2, 0.25) is 10.0 Å². The van der Waals surface area contributed by atoms with Crippen molar-refractivity contribution < 1.29 is 5.11 Å². The molecule has 1 N–H and O–H groups in total. The first kappa shape index (κ1) is 16.1. The minimum absolute atomic E-state index is 0.281. The summed E-state index contributed by atoms with van der Waals surface area (Å²) >= 11 is 12.1. The second kappa shape index (κ2) is 7.68. The van der Waals surface area contributed by atoms with Gasteiger partial charge in [0.05, 0.1) is 6.10 Å². The second-order valence-electron chi connectivity index (χ2n) is 6.08. The zero-order valence-electron chi connectivity index (χ0n) is 12.1. The van der Waals surface area contributed by atoms with Crippen LogP contribution in [0.1, 0.15) is 51.0 Å². The second-order valence-corrected chi connectivity index (χ2v) is 6.92. The van der Waals surface area contributed by atoms with Crippen molar-refractivity contribution in [2.24, 2.45) is 11.8 Å². The van der Waals surface area contributed by atoms with E-state index in [9.17, 15) is 5.11 Å². The van der Waals surface area contributed by atoms with Gasteiger partial charge in [-0.1, -0.05) is 61.9 Å². The molecule has 0 amide bonds. The van der Waals surface area contributed by atoms with Crippen LogP contribution in [0.25, 0.3) is 0 Å². The fraction of sp³-hybridized carbons (Fsp3) is 0.647. The Morgan fingerprint density at radius 3 is 2.50 bits per heavy atom. The zero-order valence-corrected chi connectivity index (χ0v) is 13.6. The quantitative estimate of drug-likeness (QED) is 0.760. The fourth-order valence-corrected chi connectivity index (χ4v) is 3.83. The van der Waals surface area contributed by atoms with E-state index >= 15 is 0 Å². The molecule has 1 fully saturated rings. The van der Waals surface area contributed by atoms with E-state index in [4.69, 9.17) is 23.2 Å². The van der Waals surface area contributed by atoms with Crippen LogP contribution in [0, 0.1) is 11.8 Å². The lowest BCUT2D eigenvalue weighted by Gasteiger charge is -2.31. The first-order chi connectivity index (χ1) is 9.60. The van der Waals surface area contributed by atoms with Gasteiger partial charge in [-0.15, -0.1) is 0 Å². The van der Waals surface area contributed by atoms with Crippen LogP contribution >= 0.6 is 23.2 Å². The number of benzene rings is 1. The van der Waals surface area contributed by atoms with Gasteiger partial charge in [-0.2, -0.15) is 0 Å². The van der Waals surface area contributed by atoms with Crippen LogP contribution in [0.15, 0.2) is 18.2 Å². The van der Waals surface area contributed by atoms with Gasteiger partial charge >= 0.3 is 0 Å². The van der Waals surface area contributed by atoms with E-state index in [1.54, 1.807) is 6.07 Å². The molecule has 1 aliphatic rings. The Hall–Kier alpha value is -0.240.